The summed E-state index contributed by atoms with van der Waals surface area (Å²) in [5, 5.41) is 9.29. The highest BCUT2D eigenvalue weighted by Gasteiger charge is 2.06. The molecular weight excluding hydrogens is 174 g/mol. The van der Waals surface area contributed by atoms with Gasteiger partial charge in [0, 0.05) is 19.3 Å². The molecule has 2 nitrogen and oxygen atoms in total. The molecule has 78 valence electrons. The zero-order valence-electron chi connectivity index (χ0n) is 9.41. The van der Waals surface area contributed by atoms with Crippen LogP contribution >= 0.6 is 0 Å². The topological polar surface area (TPSA) is 23.5 Å². The van der Waals surface area contributed by atoms with Crippen molar-refractivity contribution in [1.82, 2.24) is 0 Å². The zero-order chi connectivity index (χ0) is 10.7. The van der Waals surface area contributed by atoms with Gasteiger partial charge in [-0.25, -0.2) is 0 Å². The number of benzene rings is 1. The minimum absolute atomic E-state index is 0.291. The molecule has 0 amide bonds. The first-order valence-electron chi connectivity index (χ1n) is 4.97. The van der Waals surface area contributed by atoms with Crippen molar-refractivity contribution in [1.29, 1.82) is 0 Å². The van der Waals surface area contributed by atoms with E-state index in [2.05, 4.69) is 36.9 Å². The van der Waals surface area contributed by atoms with Crippen LogP contribution in [0.15, 0.2) is 18.2 Å². The van der Waals surface area contributed by atoms with E-state index in [1.807, 2.05) is 7.05 Å². The van der Waals surface area contributed by atoms with E-state index in [0.29, 0.717) is 6.54 Å². The number of aliphatic hydroxyl groups is 1. The monoisotopic (exact) mass is 193 g/mol. The van der Waals surface area contributed by atoms with Crippen LogP contribution in [0.5, 0.6) is 0 Å². The first kappa shape index (κ1) is 11.1. The summed E-state index contributed by atoms with van der Waals surface area (Å²) in [7, 11) is 2.00. The molecule has 2 heteroatoms. The fourth-order valence-electron chi connectivity index (χ4n) is 1.73. The van der Waals surface area contributed by atoms with Gasteiger partial charge in [0.25, 0.3) is 0 Å². The zero-order valence-corrected chi connectivity index (χ0v) is 9.41. The average Bonchev–Trinajstić information content (AvgIpc) is 2.01. The molecule has 0 bridgehead atoms. The number of anilines is 1. The van der Waals surface area contributed by atoms with Crippen LogP contribution in [-0.2, 0) is 0 Å². The van der Waals surface area contributed by atoms with Crippen LogP contribution in [0.25, 0.3) is 0 Å². The molecule has 14 heavy (non-hydrogen) atoms. The summed E-state index contributed by atoms with van der Waals surface area (Å²) < 4.78 is 0. The normalized spacial score (nSPS) is 12.6. The molecule has 0 aliphatic rings. The van der Waals surface area contributed by atoms with Crippen LogP contribution in [0.1, 0.15) is 18.1 Å². The Kier molecular flexibility index (Phi) is 3.53. The van der Waals surface area contributed by atoms with E-state index >= 15 is 0 Å². The molecule has 1 aromatic carbocycles. The van der Waals surface area contributed by atoms with Crippen LogP contribution in [0.2, 0.25) is 0 Å². The number of hydrogen-bond donors (Lipinski definition) is 1. The summed E-state index contributed by atoms with van der Waals surface area (Å²) >= 11 is 0. The lowest BCUT2D eigenvalue weighted by atomic mass is 10.1. The SMILES string of the molecule is Cc1ccc(N(C)C[C@@H](C)O)c(C)c1. The lowest BCUT2D eigenvalue weighted by molar-refractivity contribution is 0.201. The number of aliphatic hydroxyl groups excluding tert-OH is 1. The molecule has 1 atom stereocenters. The van der Waals surface area contributed by atoms with E-state index in [9.17, 15) is 5.11 Å². The second kappa shape index (κ2) is 4.47. The highest BCUT2D eigenvalue weighted by Crippen LogP contribution is 2.19. The molecule has 0 aromatic heterocycles. The second-order valence-corrected chi connectivity index (χ2v) is 4.02. The fraction of sp³-hybridized carbons (Fsp3) is 0.500. The highest BCUT2D eigenvalue weighted by molar-refractivity contribution is 5.53. The Labute approximate surface area is 86.2 Å². The van der Waals surface area contributed by atoms with Gasteiger partial charge >= 0.3 is 0 Å². The number of hydrogen-bond acceptors (Lipinski definition) is 2. The molecular formula is C12H19NO. The Bertz CT molecular complexity index is 307. The van der Waals surface area contributed by atoms with Gasteiger partial charge < -0.3 is 10.0 Å². The van der Waals surface area contributed by atoms with Crippen LogP contribution < -0.4 is 4.90 Å². The Hall–Kier alpha value is -1.02. The predicted octanol–water partition coefficient (Wildman–Crippen LogP) is 2.12. The lowest BCUT2D eigenvalue weighted by Gasteiger charge is -2.23. The van der Waals surface area contributed by atoms with E-state index < -0.39 is 0 Å². The summed E-state index contributed by atoms with van der Waals surface area (Å²) in [6.07, 6.45) is -0.291. The lowest BCUT2D eigenvalue weighted by Crippen LogP contribution is -2.27. The van der Waals surface area contributed by atoms with E-state index in [4.69, 9.17) is 0 Å². The quantitative estimate of drug-likeness (QED) is 0.795. The van der Waals surface area contributed by atoms with Crippen molar-refractivity contribution in [3.63, 3.8) is 0 Å². The van der Waals surface area contributed by atoms with Gasteiger partial charge in [-0.3, -0.25) is 0 Å². The molecule has 1 rings (SSSR count). The van der Waals surface area contributed by atoms with Crippen molar-refractivity contribution in [2.24, 2.45) is 0 Å². The van der Waals surface area contributed by atoms with Gasteiger partial charge in [0.15, 0.2) is 0 Å². The van der Waals surface area contributed by atoms with E-state index in [-0.39, 0.29) is 6.10 Å². The molecule has 0 saturated carbocycles. The predicted molar refractivity (Wildman–Crippen MR) is 60.9 cm³/mol. The van der Waals surface area contributed by atoms with Crippen molar-refractivity contribution in [3.05, 3.63) is 29.3 Å². The summed E-state index contributed by atoms with van der Waals surface area (Å²) in [4.78, 5) is 2.08. The Morgan fingerprint density at radius 2 is 2.00 bits per heavy atom. The molecule has 0 spiro atoms. The van der Waals surface area contributed by atoms with Crippen molar-refractivity contribution in [3.8, 4) is 0 Å². The summed E-state index contributed by atoms with van der Waals surface area (Å²) in [5.74, 6) is 0. The molecule has 1 N–H and O–H groups in total. The third-order valence-corrected chi connectivity index (χ3v) is 2.30. The van der Waals surface area contributed by atoms with Gasteiger partial charge in [-0.15, -0.1) is 0 Å². The van der Waals surface area contributed by atoms with Crippen LogP contribution in [0.4, 0.5) is 5.69 Å². The van der Waals surface area contributed by atoms with Crippen LogP contribution in [0.3, 0.4) is 0 Å². The van der Waals surface area contributed by atoms with Gasteiger partial charge in [0.1, 0.15) is 0 Å². The molecule has 0 aliphatic heterocycles. The van der Waals surface area contributed by atoms with E-state index in [1.54, 1.807) is 6.92 Å². The number of aryl methyl sites for hydroxylation is 2. The Morgan fingerprint density at radius 3 is 2.50 bits per heavy atom. The van der Waals surface area contributed by atoms with Gasteiger partial charge in [-0.1, -0.05) is 17.7 Å². The number of likely N-dealkylation sites (N-methyl/N-ethyl adjacent to an activating group) is 1. The second-order valence-electron chi connectivity index (χ2n) is 4.02. The molecule has 0 saturated heterocycles. The summed E-state index contributed by atoms with van der Waals surface area (Å²) in [6, 6.07) is 6.36. The smallest absolute Gasteiger partial charge is 0.0686 e. The summed E-state index contributed by atoms with van der Waals surface area (Å²) in [5.41, 5.74) is 3.72. The average molecular weight is 193 g/mol. The number of nitrogens with zero attached hydrogens (tertiary/aromatic N) is 1. The van der Waals surface area contributed by atoms with Crippen molar-refractivity contribution in [2.75, 3.05) is 18.5 Å². The van der Waals surface area contributed by atoms with E-state index in [0.717, 1.165) is 0 Å². The van der Waals surface area contributed by atoms with Crippen molar-refractivity contribution >= 4 is 5.69 Å². The van der Waals surface area contributed by atoms with Crippen molar-refractivity contribution < 1.29 is 5.11 Å². The Balaban J connectivity index is 2.84. The first-order valence-corrected chi connectivity index (χ1v) is 4.97. The minimum Gasteiger partial charge on any atom is -0.392 e. The molecule has 0 unspecified atom stereocenters. The standard InChI is InChI=1S/C12H19NO/c1-9-5-6-12(10(2)7-9)13(4)8-11(3)14/h5-7,11,14H,8H2,1-4H3/t11-/m1/s1. The fourth-order valence-corrected chi connectivity index (χ4v) is 1.73. The maximum Gasteiger partial charge on any atom is 0.0686 e. The molecule has 0 heterocycles. The van der Waals surface area contributed by atoms with Gasteiger partial charge in [0.2, 0.25) is 0 Å². The molecule has 0 fully saturated rings. The minimum atomic E-state index is -0.291. The third-order valence-electron chi connectivity index (χ3n) is 2.30. The van der Waals surface area contributed by atoms with Crippen LogP contribution in [-0.4, -0.2) is 24.8 Å². The maximum atomic E-state index is 9.29. The maximum absolute atomic E-state index is 9.29. The van der Waals surface area contributed by atoms with Gasteiger partial charge in [-0.2, -0.15) is 0 Å². The molecule has 0 radical (unpaired) electrons. The van der Waals surface area contributed by atoms with Crippen molar-refractivity contribution in [2.45, 2.75) is 26.9 Å². The Morgan fingerprint density at radius 1 is 1.36 bits per heavy atom. The summed E-state index contributed by atoms with van der Waals surface area (Å²) in [6.45, 7) is 6.66. The van der Waals surface area contributed by atoms with Gasteiger partial charge in [-0.05, 0) is 32.4 Å². The number of rotatable bonds is 3. The van der Waals surface area contributed by atoms with Crippen LogP contribution in [0, 0.1) is 13.8 Å². The third kappa shape index (κ3) is 2.74. The largest absolute Gasteiger partial charge is 0.392 e. The highest BCUT2D eigenvalue weighted by atomic mass is 16.3. The van der Waals surface area contributed by atoms with Gasteiger partial charge in [0.05, 0.1) is 6.10 Å². The van der Waals surface area contributed by atoms with E-state index in [1.165, 1.54) is 16.8 Å². The molecule has 0 aliphatic carbocycles. The first-order chi connectivity index (χ1) is 6.50. The molecule has 1 aromatic rings.